The summed E-state index contributed by atoms with van der Waals surface area (Å²) < 4.78 is 0. The van der Waals surface area contributed by atoms with Crippen molar-refractivity contribution in [3.8, 4) is 0 Å². The van der Waals surface area contributed by atoms with E-state index in [1.165, 1.54) is 12.4 Å². The molecule has 0 radical (unpaired) electrons. The highest BCUT2D eigenvalue weighted by atomic mass is 16.2. The standard InChI is InChI=1S/C18H18N6O3/c19-10-12(14(20)17-22-7-4-8-23-17)18(27)24-13(15(25)16(21)26)9-11-5-2-1-3-6-11/h1-8,10,13,19H,9,20H2,(H2,21,26)(H,24,27)/b14-12+,19-10?. The number of hydrogen-bond acceptors (Lipinski definition) is 7. The molecule has 2 aromatic rings. The zero-order valence-electron chi connectivity index (χ0n) is 14.3. The Balaban J connectivity index is 2.29. The first-order valence-electron chi connectivity index (χ1n) is 7.90. The van der Waals surface area contributed by atoms with Crippen LogP contribution in [0.3, 0.4) is 0 Å². The number of hydrogen-bond donors (Lipinski definition) is 4. The quantitative estimate of drug-likeness (QED) is 0.281. The van der Waals surface area contributed by atoms with E-state index in [2.05, 4.69) is 15.3 Å². The first-order chi connectivity index (χ1) is 12.9. The first kappa shape index (κ1) is 19.4. The van der Waals surface area contributed by atoms with Crippen molar-refractivity contribution < 1.29 is 14.4 Å². The molecule has 1 heterocycles. The number of nitrogens with zero attached hydrogens (tertiary/aromatic N) is 2. The number of primary amides is 1. The van der Waals surface area contributed by atoms with Gasteiger partial charge in [0.15, 0.2) is 5.82 Å². The van der Waals surface area contributed by atoms with Gasteiger partial charge in [0.05, 0.1) is 11.3 Å². The van der Waals surface area contributed by atoms with Crippen molar-refractivity contribution in [3.63, 3.8) is 0 Å². The Hall–Kier alpha value is -3.88. The molecule has 0 aliphatic rings. The molecule has 9 heteroatoms. The van der Waals surface area contributed by atoms with Gasteiger partial charge in [-0.1, -0.05) is 30.3 Å². The first-order valence-corrected chi connectivity index (χ1v) is 7.90. The molecular weight excluding hydrogens is 348 g/mol. The largest absolute Gasteiger partial charge is 0.395 e. The second-order valence-electron chi connectivity index (χ2n) is 5.49. The molecule has 2 rings (SSSR count). The predicted octanol–water partition coefficient (Wildman–Crippen LogP) is -0.422. The van der Waals surface area contributed by atoms with Crippen LogP contribution in [0.5, 0.6) is 0 Å². The van der Waals surface area contributed by atoms with Crippen molar-refractivity contribution in [2.24, 2.45) is 11.5 Å². The minimum atomic E-state index is -1.20. The van der Waals surface area contributed by atoms with Gasteiger partial charge in [-0.2, -0.15) is 0 Å². The maximum absolute atomic E-state index is 12.6. The average Bonchev–Trinajstić information content (AvgIpc) is 2.68. The summed E-state index contributed by atoms with van der Waals surface area (Å²) in [5.41, 5.74) is 11.3. The van der Waals surface area contributed by atoms with Gasteiger partial charge in [0.1, 0.15) is 6.04 Å². The van der Waals surface area contributed by atoms with Gasteiger partial charge in [0, 0.05) is 25.0 Å². The number of benzene rings is 1. The molecule has 0 saturated carbocycles. The minimum absolute atomic E-state index is 0.0569. The second-order valence-corrected chi connectivity index (χ2v) is 5.49. The van der Waals surface area contributed by atoms with Gasteiger partial charge in [0.2, 0.25) is 5.78 Å². The van der Waals surface area contributed by atoms with Crippen LogP contribution in [0, 0.1) is 5.41 Å². The lowest BCUT2D eigenvalue weighted by Gasteiger charge is -2.17. The molecule has 2 amide bonds. The molecule has 1 unspecified atom stereocenters. The lowest BCUT2D eigenvalue weighted by Crippen LogP contribution is -2.48. The van der Waals surface area contributed by atoms with E-state index < -0.39 is 23.6 Å². The molecule has 0 spiro atoms. The van der Waals surface area contributed by atoms with E-state index in [4.69, 9.17) is 16.9 Å². The van der Waals surface area contributed by atoms with Crippen molar-refractivity contribution in [3.05, 3.63) is 65.8 Å². The summed E-state index contributed by atoms with van der Waals surface area (Å²) in [4.78, 5) is 43.8. The molecule has 6 N–H and O–H groups in total. The summed E-state index contributed by atoms with van der Waals surface area (Å²) >= 11 is 0. The summed E-state index contributed by atoms with van der Waals surface area (Å²) in [5, 5.41) is 9.89. The van der Waals surface area contributed by atoms with E-state index in [9.17, 15) is 14.4 Å². The zero-order valence-corrected chi connectivity index (χ0v) is 14.3. The van der Waals surface area contributed by atoms with E-state index in [0.717, 1.165) is 11.8 Å². The topological polar surface area (TPSA) is 165 Å². The van der Waals surface area contributed by atoms with Gasteiger partial charge in [-0.15, -0.1) is 0 Å². The molecule has 0 saturated heterocycles. The molecule has 1 atom stereocenters. The third-order valence-corrected chi connectivity index (χ3v) is 3.63. The van der Waals surface area contributed by atoms with Gasteiger partial charge in [-0.05, 0) is 11.6 Å². The highest BCUT2D eigenvalue weighted by Crippen LogP contribution is 2.09. The number of Topliss-reactive ketones (excluding diaryl/α,β-unsaturated/α-hetero) is 1. The zero-order chi connectivity index (χ0) is 19.8. The van der Waals surface area contributed by atoms with Crippen LogP contribution < -0.4 is 16.8 Å². The molecule has 138 valence electrons. The van der Waals surface area contributed by atoms with Crippen LogP contribution in [-0.2, 0) is 20.8 Å². The summed E-state index contributed by atoms with van der Waals surface area (Å²) in [7, 11) is 0. The summed E-state index contributed by atoms with van der Waals surface area (Å²) in [6.07, 6.45) is 3.66. The number of ketones is 1. The monoisotopic (exact) mass is 366 g/mol. The second kappa shape index (κ2) is 8.99. The van der Waals surface area contributed by atoms with Gasteiger partial charge >= 0.3 is 0 Å². The Bertz CT molecular complexity index is 880. The minimum Gasteiger partial charge on any atom is -0.395 e. The molecule has 0 aliphatic carbocycles. The number of carbonyl (C=O) groups excluding carboxylic acids is 3. The van der Waals surface area contributed by atoms with Gasteiger partial charge in [-0.25, -0.2) is 9.97 Å². The van der Waals surface area contributed by atoms with Crippen molar-refractivity contribution in [2.75, 3.05) is 0 Å². The third-order valence-electron chi connectivity index (χ3n) is 3.63. The molecule has 9 nitrogen and oxygen atoms in total. The number of carbonyl (C=O) groups is 3. The van der Waals surface area contributed by atoms with Crippen LogP contribution in [0.25, 0.3) is 5.70 Å². The Morgan fingerprint density at radius 2 is 1.70 bits per heavy atom. The Kier molecular flexibility index (Phi) is 6.48. The smallest absolute Gasteiger partial charge is 0.287 e. The van der Waals surface area contributed by atoms with E-state index in [-0.39, 0.29) is 23.5 Å². The van der Waals surface area contributed by atoms with E-state index >= 15 is 0 Å². The van der Waals surface area contributed by atoms with Crippen LogP contribution >= 0.6 is 0 Å². The fourth-order valence-electron chi connectivity index (χ4n) is 2.29. The normalized spacial score (nSPS) is 12.4. The van der Waals surface area contributed by atoms with E-state index in [0.29, 0.717) is 0 Å². The van der Waals surface area contributed by atoms with Crippen LogP contribution in [0.15, 0.2) is 54.4 Å². The molecule has 0 bridgehead atoms. The van der Waals surface area contributed by atoms with Gasteiger partial charge in [-0.3, -0.25) is 14.4 Å². The number of amides is 2. The number of aromatic nitrogens is 2. The predicted molar refractivity (Wildman–Crippen MR) is 98.2 cm³/mol. The number of rotatable bonds is 8. The molecule has 1 aromatic heterocycles. The lowest BCUT2D eigenvalue weighted by atomic mass is 10.0. The molecule has 0 fully saturated rings. The van der Waals surface area contributed by atoms with Gasteiger partial charge < -0.3 is 22.2 Å². The molecular formula is C18H18N6O3. The highest BCUT2D eigenvalue weighted by Gasteiger charge is 2.27. The maximum Gasteiger partial charge on any atom is 0.287 e. The third kappa shape index (κ3) is 5.05. The van der Waals surface area contributed by atoms with Crippen LogP contribution in [-0.4, -0.2) is 39.8 Å². The SMILES string of the molecule is N=C/C(C(=O)NC(Cc1ccccc1)C(=O)C(N)=O)=C(\N)c1ncccn1. The number of nitrogens with two attached hydrogens (primary N) is 2. The maximum atomic E-state index is 12.6. The molecule has 1 aromatic carbocycles. The Morgan fingerprint density at radius 3 is 2.26 bits per heavy atom. The van der Waals surface area contributed by atoms with E-state index in [1.807, 2.05) is 0 Å². The summed E-state index contributed by atoms with van der Waals surface area (Å²) in [6, 6.07) is 9.18. The fraction of sp³-hybridized carbons (Fsp3) is 0.111. The Labute approximate surface area is 155 Å². The van der Waals surface area contributed by atoms with Gasteiger partial charge in [0.25, 0.3) is 11.8 Å². The van der Waals surface area contributed by atoms with Crippen molar-refractivity contribution in [2.45, 2.75) is 12.5 Å². The summed E-state index contributed by atoms with van der Waals surface area (Å²) in [6.45, 7) is 0. The van der Waals surface area contributed by atoms with Crippen LogP contribution in [0.4, 0.5) is 0 Å². The van der Waals surface area contributed by atoms with E-state index in [1.54, 1.807) is 36.4 Å². The Morgan fingerprint density at radius 1 is 1.07 bits per heavy atom. The van der Waals surface area contributed by atoms with Crippen molar-refractivity contribution >= 4 is 29.5 Å². The summed E-state index contributed by atoms with van der Waals surface area (Å²) in [5.74, 6) is -2.88. The average molecular weight is 366 g/mol. The van der Waals surface area contributed by atoms with Crippen LogP contribution in [0.2, 0.25) is 0 Å². The lowest BCUT2D eigenvalue weighted by molar-refractivity contribution is -0.138. The number of nitrogens with one attached hydrogen (secondary N) is 2. The van der Waals surface area contributed by atoms with Crippen molar-refractivity contribution in [1.29, 1.82) is 5.41 Å². The van der Waals surface area contributed by atoms with Crippen LogP contribution in [0.1, 0.15) is 11.4 Å². The van der Waals surface area contributed by atoms with Crippen molar-refractivity contribution in [1.82, 2.24) is 15.3 Å². The highest BCUT2D eigenvalue weighted by molar-refractivity contribution is 6.38. The molecule has 27 heavy (non-hydrogen) atoms. The molecule has 0 aliphatic heterocycles. The fourth-order valence-corrected chi connectivity index (χ4v) is 2.29.